The van der Waals surface area contributed by atoms with Gasteiger partial charge in [0.15, 0.2) is 0 Å². The fourth-order valence-corrected chi connectivity index (χ4v) is 6.45. The number of benzene rings is 4. The van der Waals surface area contributed by atoms with E-state index in [0.29, 0.717) is 41.9 Å². The van der Waals surface area contributed by atoms with Gasteiger partial charge >= 0.3 is 18.1 Å². The van der Waals surface area contributed by atoms with Crippen LogP contribution in [0.5, 0.6) is 0 Å². The number of nitrogens with one attached hydrogen (secondary N) is 1. The summed E-state index contributed by atoms with van der Waals surface area (Å²) in [5.74, 6) is -1.10. The molecule has 0 bridgehead atoms. The van der Waals surface area contributed by atoms with E-state index in [1.807, 2.05) is 54.6 Å². The first-order valence-electron chi connectivity index (χ1n) is 15.9. The van der Waals surface area contributed by atoms with E-state index in [0.717, 1.165) is 36.1 Å². The lowest BCUT2D eigenvalue weighted by Crippen LogP contribution is -2.41. The molecule has 0 aliphatic carbocycles. The molecule has 0 aromatic heterocycles. The van der Waals surface area contributed by atoms with Crippen LogP contribution in [0.15, 0.2) is 103 Å². The van der Waals surface area contributed by atoms with Crippen LogP contribution >= 0.6 is 0 Å². The van der Waals surface area contributed by atoms with Crippen molar-refractivity contribution in [3.63, 3.8) is 0 Å². The summed E-state index contributed by atoms with van der Waals surface area (Å²) in [6.07, 6.45) is -3.69. The number of carbonyl (C=O) groups excluding carboxylic acids is 3. The van der Waals surface area contributed by atoms with Crippen LogP contribution < -0.4 is 5.32 Å². The third-order valence-corrected chi connectivity index (χ3v) is 8.95. The number of esters is 2. The number of alkyl halides is 3. The van der Waals surface area contributed by atoms with Crippen LogP contribution in [0.25, 0.3) is 11.1 Å². The molecule has 2 fully saturated rings. The van der Waals surface area contributed by atoms with Gasteiger partial charge in [-0.25, -0.2) is 9.59 Å². The van der Waals surface area contributed by atoms with Crippen LogP contribution in [0.1, 0.15) is 65.2 Å². The lowest BCUT2D eigenvalue weighted by atomic mass is 9.88. The van der Waals surface area contributed by atoms with Crippen molar-refractivity contribution in [3.05, 3.63) is 125 Å². The Hall–Kier alpha value is -4.96. The maximum Gasteiger partial charge on any atom is 0.416 e. The molecule has 4 aromatic carbocycles. The van der Waals surface area contributed by atoms with Gasteiger partial charge in [0, 0.05) is 17.7 Å². The number of carbonyl (C=O) groups is 3. The number of rotatable bonds is 8. The number of hydrogen-bond acceptors (Lipinski definition) is 6. The molecule has 0 radical (unpaired) electrons. The highest BCUT2D eigenvalue weighted by atomic mass is 19.4. The summed E-state index contributed by atoms with van der Waals surface area (Å²) in [7, 11) is 0. The molecule has 2 aliphatic rings. The van der Waals surface area contributed by atoms with E-state index >= 15 is 0 Å². The minimum atomic E-state index is -4.44. The molecule has 2 aliphatic heterocycles. The quantitative estimate of drug-likeness (QED) is 0.195. The molecule has 2 heterocycles. The summed E-state index contributed by atoms with van der Waals surface area (Å²) in [5, 5.41) is 2.91. The van der Waals surface area contributed by atoms with E-state index in [1.54, 1.807) is 31.2 Å². The van der Waals surface area contributed by atoms with Gasteiger partial charge in [0.25, 0.3) is 5.91 Å². The molecule has 3 unspecified atom stereocenters. The van der Waals surface area contributed by atoms with E-state index in [4.69, 9.17) is 9.47 Å². The predicted molar refractivity (Wildman–Crippen MR) is 174 cm³/mol. The second-order valence-electron chi connectivity index (χ2n) is 12.2. The second-order valence-corrected chi connectivity index (χ2v) is 12.2. The molecule has 0 saturated carbocycles. The van der Waals surface area contributed by atoms with Gasteiger partial charge in [0.2, 0.25) is 6.10 Å². The van der Waals surface area contributed by atoms with Crippen LogP contribution in [0.4, 0.5) is 18.9 Å². The normalized spacial score (nSPS) is 19.4. The number of anilines is 1. The highest BCUT2D eigenvalue weighted by molar-refractivity contribution is 6.08. The number of piperidine rings is 1. The SMILES string of the molecule is CC1CC(OC(=O)C(c2ccccc2)N2CCC(c3ccc(NC(=O)c4ccccc4-c4ccc(C(F)(F)F)cc4)cc3)CC2)C(=O)O1. The Morgan fingerprint density at radius 1 is 0.875 bits per heavy atom. The van der Waals surface area contributed by atoms with Crippen molar-refractivity contribution in [2.75, 3.05) is 18.4 Å². The Balaban J connectivity index is 1.09. The Morgan fingerprint density at radius 3 is 2.15 bits per heavy atom. The molecular weight excluding hydrogens is 621 g/mol. The molecule has 248 valence electrons. The van der Waals surface area contributed by atoms with Gasteiger partial charge in [0.1, 0.15) is 12.1 Å². The molecular formula is C38H35F3N2O5. The Bertz CT molecular complexity index is 1750. The molecule has 3 atom stereocenters. The number of likely N-dealkylation sites (tertiary alicyclic amines) is 1. The zero-order chi connectivity index (χ0) is 33.8. The minimum Gasteiger partial charge on any atom is -0.460 e. The average molecular weight is 657 g/mol. The lowest BCUT2D eigenvalue weighted by Gasteiger charge is -2.37. The number of nitrogens with zero attached hydrogens (tertiary/aromatic N) is 1. The molecule has 6 rings (SSSR count). The smallest absolute Gasteiger partial charge is 0.416 e. The topological polar surface area (TPSA) is 84.9 Å². The summed E-state index contributed by atoms with van der Waals surface area (Å²) >= 11 is 0. The van der Waals surface area contributed by atoms with Crippen LogP contribution in [-0.2, 0) is 25.2 Å². The van der Waals surface area contributed by atoms with Crippen molar-refractivity contribution in [2.24, 2.45) is 0 Å². The van der Waals surface area contributed by atoms with E-state index in [2.05, 4.69) is 10.2 Å². The van der Waals surface area contributed by atoms with E-state index in [9.17, 15) is 27.6 Å². The van der Waals surface area contributed by atoms with E-state index < -0.39 is 35.8 Å². The minimum absolute atomic E-state index is 0.240. The maximum absolute atomic E-state index is 13.4. The molecule has 1 amide bonds. The van der Waals surface area contributed by atoms with Gasteiger partial charge in [-0.05, 0) is 91.4 Å². The number of hydrogen-bond donors (Lipinski definition) is 1. The fraction of sp³-hybridized carbons (Fsp3) is 0.289. The Labute approximate surface area is 276 Å². The summed E-state index contributed by atoms with van der Waals surface area (Å²) in [6.45, 7) is 3.06. The molecule has 4 aromatic rings. The first kappa shape index (κ1) is 33.0. The van der Waals surface area contributed by atoms with Gasteiger partial charge < -0.3 is 14.8 Å². The summed E-state index contributed by atoms with van der Waals surface area (Å²) in [6, 6.07) is 28.0. The number of ether oxygens (including phenoxy) is 2. The highest BCUT2D eigenvalue weighted by Crippen LogP contribution is 2.35. The van der Waals surface area contributed by atoms with Gasteiger partial charge in [-0.3, -0.25) is 9.69 Å². The third kappa shape index (κ3) is 7.44. The molecule has 0 spiro atoms. The van der Waals surface area contributed by atoms with Crippen molar-refractivity contribution >= 4 is 23.5 Å². The maximum atomic E-state index is 13.4. The molecule has 10 heteroatoms. The number of amides is 1. The molecule has 7 nitrogen and oxygen atoms in total. The van der Waals surface area contributed by atoms with Crippen molar-refractivity contribution in [1.82, 2.24) is 4.90 Å². The van der Waals surface area contributed by atoms with E-state index in [1.165, 1.54) is 12.1 Å². The van der Waals surface area contributed by atoms with Crippen molar-refractivity contribution in [3.8, 4) is 11.1 Å². The lowest BCUT2D eigenvalue weighted by molar-refractivity contribution is -0.165. The zero-order valence-electron chi connectivity index (χ0n) is 26.3. The van der Waals surface area contributed by atoms with Gasteiger partial charge in [-0.1, -0.05) is 72.8 Å². The van der Waals surface area contributed by atoms with Crippen LogP contribution in [0.3, 0.4) is 0 Å². The van der Waals surface area contributed by atoms with Crippen molar-refractivity contribution < 1.29 is 37.0 Å². The first-order chi connectivity index (χ1) is 23.1. The van der Waals surface area contributed by atoms with Gasteiger partial charge in [0.05, 0.1) is 5.56 Å². The summed E-state index contributed by atoms with van der Waals surface area (Å²) < 4.78 is 50.0. The molecule has 48 heavy (non-hydrogen) atoms. The monoisotopic (exact) mass is 656 g/mol. The number of halogens is 3. The van der Waals surface area contributed by atoms with Crippen molar-refractivity contribution in [2.45, 2.75) is 56.5 Å². The van der Waals surface area contributed by atoms with Crippen LogP contribution in [0, 0.1) is 0 Å². The average Bonchev–Trinajstić information content (AvgIpc) is 3.41. The summed E-state index contributed by atoms with van der Waals surface area (Å²) in [4.78, 5) is 41.0. The fourth-order valence-electron chi connectivity index (χ4n) is 6.45. The Kier molecular flexibility index (Phi) is 9.63. The summed E-state index contributed by atoms with van der Waals surface area (Å²) in [5.41, 5.74) is 3.14. The van der Waals surface area contributed by atoms with E-state index in [-0.39, 0.29) is 17.9 Å². The van der Waals surface area contributed by atoms with Gasteiger partial charge in [-0.2, -0.15) is 13.2 Å². The largest absolute Gasteiger partial charge is 0.460 e. The highest BCUT2D eigenvalue weighted by Gasteiger charge is 2.39. The van der Waals surface area contributed by atoms with Crippen LogP contribution in [0.2, 0.25) is 0 Å². The van der Waals surface area contributed by atoms with Crippen molar-refractivity contribution in [1.29, 1.82) is 0 Å². The van der Waals surface area contributed by atoms with Gasteiger partial charge in [-0.15, -0.1) is 0 Å². The first-order valence-corrected chi connectivity index (χ1v) is 15.9. The standard InChI is InChI=1S/C38H35F3N2O5/c1-24-23-33(36(45)47-24)48-37(46)34(28-7-3-2-4-8-28)43-21-19-26(20-22-43)25-13-17-30(18-14-25)42-35(44)32-10-6-5-9-31(32)27-11-15-29(16-12-27)38(39,40)41/h2-18,24,26,33-34H,19-23H2,1H3,(H,42,44). The second kappa shape index (κ2) is 14.0. The third-order valence-electron chi connectivity index (χ3n) is 8.95. The molecule has 1 N–H and O–H groups in total. The predicted octanol–water partition coefficient (Wildman–Crippen LogP) is 7.79. The number of cyclic esters (lactones) is 1. The van der Waals surface area contributed by atoms with Crippen LogP contribution in [-0.4, -0.2) is 48.0 Å². The Morgan fingerprint density at radius 2 is 1.52 bits per heavy atom. The zero-order valence-corrected chi connectivity index (χ0v) is 26.3. The molecule has 2 saturated heterocycles.